The minimum absolute atomic E-state index is 0.0599. The van der Waals surface area contributed by atoms with Gasteiger partial charge >= 0.3 is 0 Å². The Morgan fingerprint density at radius 2 is 1.83 bits per heavy atom. The number of thioether (sulfide) groups is 2. The summed E-state index contributed by atoms with van der Waals surface area (Å²) in [6.07, 6.45) is 1.55. The molecular weight excluding hydrogens is 344 g/mol. The highest BCUT2D eigenvalue weighted by molar-refractivity contribution is 8.19. The normalized spacial score (nSPS) is 14.5. The van der Waals surface area contributed by atoms with Gasteiger partial charge in [0.25, 0.3) is 5.91 Å². The SMILES string of the molecule is O=C(CNC(=O)c1ccc(C2SCCS2)cc1)NCc1ccco1. The minimum Gasteiger partial charge on any atom is -0.467 e. The van der Waals surface area contributed by atoms with E-state index in [1.807, 2.05) is 47.8 Å². The summed E-state index contributed by atoms with van der Waals surface area (Å²) >= 11 is 3.86. The molecule has 1 aliphatic rings. The fourth-order valence-electron chi connectivity index (χ4n) is 2.27. The molecule has 24 heavy (non-hydrogen) atoms. The molecule has 0 saturated carbocycles. The van der Waals surface area contributed by atoms with Crippen molar-refractivity contribution in [3.8, 4) is 0 Å². The zero-order chi connectivity index (χ0) is 16.8. The first kappa shape index (κ1) is 17.0. The molecule has 5 nitrogen and oxygen atoms in total. The van der Waals surface area contributed by atoms with E-state index in [2.05, 4.69) is 10.6 Å². The summed E-state index contributed by atoms with van der Waals surface area (Å²) < 4.78 is 5.59. The Hall–Kier alpha value is -1.86. The Bertz CT molecular complexity index is 680. The number of carbonyl (C=O) groups is 2. The summed E-state index contributed by atoms with van der Waals surface area (Å²) in [6, 6.07) is 11.1. The summed E-state index contributed by atoms with van der Waals surface area (Å²) in [5.74, 6) is 2.51. The standard InChI is InChI=1S/C17H18N2O3S2/c20-15(18-10-14-2-1-7-22-14)11-19-16(21)12-3-5-13(6-4-12)17-23-8-9-24-17/h1-7,17H,8-11H2,(H,18,20)(H,19,21). The zero-order valence-electron chi connectivity index (χ0n) is 13.0. The Labute approximate surface area is 149 Å². The van der Waals surface area contributed by atoms with E-state index in [1.165, 1.54) is 17.1 Å². The maximum absolute atomic E-state index is 12.1. The number of hydrogen-bond donors (Lipinski definition) is 2. The van der Waals surface area contributed by atoms with Crippen LogP contribution in [0.1, 0.15) is 26.3 Å². The molecule has 7 heteroatoms. The van der Waals surface area contributed by atoms with Gasteiger partial charge in [-0.1, -0.05) is 12.1 Å². The van der Waals surface area contributed by atoms with Crippen LogP contribution in [-0.4, -0.2) is 29.9 Å². The third kappa shape index (κ3) is 4.58. The molecule has 2 N–H and O–H groups in total. The summed E-state index contributed by atoms with van der Waals surface area (Å²) in [5, 5.41) is 5.31. The molecule has 1 aliphatic heterocycles. The van der Waals surface area contributed by atoms with Crippen molar-refractivity contribution in [2.45, 2.75) is 11.1 Å². The molecule has 0 bridgehead atoms. The van der Waals surface area contributed by atoms with Gasteiger partial charge in [-0.25, -0.2) is 0 Å². The summed E-state index contributed by atoms with van der Waals surface area (Å²) in [6.45, 7) is 0.253. The van der Waals surface area contributed by atoms with Crippen molar-refractivity contribution < 1.29 is 14.0 Å². The molecule has 2 amide bonds. The van der Waals surface area contributed by atoms with Gasteiger partial charge in [0.1, 0.15) is 5.76 Å². The highest BCUT2D eigenvalue weighted by Crippen LogP contribution is 2.45. The lowest BCUT2D eigenvalue weighted by molar-refractivity contribution is -0.120. The van der Waals surface area contributed by atoms with Crippen molar-refractivity contribution in [1.29, 1.82) is 0 Å². The van der Waals surface area contributed by atoms with E-state index in [0.717, 1.165) is 0 Å². The van der Waals surface area contributed by atoms with E-state index < -0.39 is 0 Å². The van der Waals surface area contributed by atoms with Crippen LogP contribution in [0.15, 0.2) is 47.1 Å². The maximum Gasteiger partial charge on any atom is 0.251 e. The highest BCUT2D eigenvalue weighted by Gasteiger charge is 2.18. The van der Waals surface area contributed by atoms with Gasteiger partial charge in [0.05, 0.1) is 23.9 Å². The maximum atomic E-state index is 12.1. The first-order valence-corrected chi connectivity index (χ1v) is 9.72. The molecule has 2 aromatic rings. The van der Waals surface area contributed by atoms with Crippen LogP contribution in [0, 0.1) is 0 Å². The van der Waals surface area contributed by atoms with Gasteiger partial charge < -0.3 is 15.1 Å². The van der Waals surface area contributed by atoms with Crippen molar-refractivity contribution in [2.75, 3.05) is 18.1 Å². The average molecular weight is 362 g/mol. The van der Waals surface area contributed by atoms with Gasteiger partial charge in [0.2, 0.25) is 5.91 Å². The van der Waals surface area contributed by atoms with E-state index >= 15 is 0 Å². The molecule has 126 valence electrons. The predicted molar refractivity (Wildman–Crippen MR) is 97.0 cm³/mol. The Balaban J connectivity index is 1.45. The number of nitrogens with one attached hydrogen (secondary N) is 2. The van der Waals surface area contributed by atoms with Gasteiger partial charge in [0.15, 0.2) is 0 Å². The Morgan fingerprint density at radius 3 is 2.50 bits per heavy atom. The number of benzene rings is 1. The zero-order valence-corrected chi connectivity index (χ0v) is 14.6. The molecule has 1 aromatic heterocycles. The minimum atomic E-state index is -0.255. The number of furan rings is 1. The van der Waals surface area contributed by atoms with Crippen molar-refractivity contribution in [3.63, 3.8) is 0 Å². The van der Waals surface area contributed by atoms with E-state index in [9.17, 15) is 9.59 Å². The number of hydrogen-bond acceptors (Lipinski definition) is 5. The van der Waals surface area contributed by atoms with E-state index in [1.54, 1.807) is 18.4 Å². The van der Waals surface area contributed by atoms with E-state index in [4.69, 9.17) is 4.42 Å². The van der Waals surface area contributed by atoms with Gasteiger partial charge in [-0.15, -0.1) is 23.5 Å². The quantitative estimate of drug-likeness (QED) is 0.827. The average Bonchev–Trinajstić information content (AvgIpc) is 3.31. The number of amides is 2. The molecule has 0 spiro atoms. The monoisotopic (exact) mass is 362 g/mol. The van der Waals surface area contributed by atoms with Crippen LogP contribution in [0.5, 0.6) is 0 Å². The van der Waals surface area contributed by atoms with E-state index in [-0.39, 0.29) is 18.4 Å². The fourth-order valence-corrected chi connectivity index (χ4v) is 5.13. The molecule has 3 rings (SSSR count). The van der Waals surface area contributed by atoms with E-state index in [0.29, 0.717) is 22.5 Å². The largest absolute Gasteiger partial charge is 0.467 e. The lowest BCUT2D eigenvalue weighted by Gasteiger charge is -2.09. The lowest BCUT2D eigenvalue weighted by Crippen LogP contribution is -2.36. The van der Waals surface area contributed by atoms with Gasteiger partial charge in [0, 0.05) is 17.1 Å². The molecule has 2 heterocycles. The van der Waals surface area contributed by atoms with Crippen molar-refractivity contribution in [1.82, 2.24) is 10.6 Å². The van der Waals surface area contributed by atoms with Crippen LogP contribution in [0.25, 0.3) is 0 Å². The second-order valence-electron chi connectivity index (χ2n) is 5.23. The van der Waals surface area contributed by atoms with Crippen molar-refractivity contribution >= 4 is 35.3 Å². The van der Waals surface area contributed by atoms with Crippen molar-refractivity contribution in [2.24, 2.45) is 0 Å². The summed E-state index contributed by atoms with van der Waals surface area (Å²) in [5.41, 5.74) is 1.79. The first-order valence-electron chi connectivity index (χ1n) is 7.63. The topological polar surface area (TPSA) is 71.3 Å². The third-order valence-electron chi connectivity index (χ3n) is 3.52. The predicted octanol–water partition coefficient (Wildman–Crippen LogP) is 2.80. The van der Waals surface area contributed by atoms with Crippen molar-refractivity contribution in [3.05, 3.63) is 59.5 Å². The molecule has 1 aromatic carbocycles. The van der Waals surface area contributed by atoms with Crippen LogP contribution in [0.2, 0.25) is 0 Å². The molecule has 1 saturated heterocycles. The molecular formula is C17H18N2O3S2. The van der Waals surface area contributed by atoms with Gasteiger partial charge in [-0.3, -0.25) is 9.59 Å². The molecule has 0 atom stereocenters. The third-order valence-corrected chi connectivity index (χ3v) is 6.62. The Morgan fingerprint density at radius 1 is 1.08 bits per heavy atom. The number of carbonyl (C=O) groups excluding carboxylic acids is 2. The second kappa shape index (κ2) is 8.30. The second-order valence-corrected chi connectivity index (χ2v) is 7.96. The number of rotatable bonds is 6. The van der Waals surface area contributed by atoms with Gasteiger partial charge in [-0.2, -0.15) is 0 Å². The summed E-state index contributed by atoms with van der Waals surface area (Å²) in [7, 11) is 0. The molecule has 1 fully saturated rings. The lowest BCUT2D eigenvalue weighted by atomic mass is 10.1. The van der Waals surface area contributed by atoms with Crippen LogP contribution in [-0.2, 0) is 11.3 Å². The van der Waals surface area contributed by atoms with Crippen LogP contribution in [0.4, 0.5) is 0 Å². The molecule has 0 radical (unpaired) electrons. The molecule has 0 unspecified atom stereocenters. The fraction of sp³-hybridized carbons (Fsp3) is 0.294. The highest BCUT2D eigenvalue weighted by atomic mass is 32.2. The Kier molecular flexibility index (Phi) is 5.87. The first-order chi connectivity index (χ1) is 11.7. The molecule has 0 aliphatic carbocycles. The van der Waals surface area contributed by atoms with Crippen LogP contribution >= 0.6 is 23.5 Å². The van der Waals surface area contributed by atoms with Crippen LogP contribution < -0.4 is 10.6 Å². The summed E-state index contributed by atoms with van der Waals surface area (Å²) in [4.78, 5) is 23.8. The smallest absolute Gasteiger partial charge is 0.251 e. The van der Waals surface area contributed by atoms with Crippen LogP contribution in [0.3, 0.4) is 0 Å². The van der Waals surface area contributed by atoms with Gasteiger partial charge in [-0.05, 0) is 29.8 Å².